The van der Waals surface area contributed by atoms with Crippen LogP contribution in [-0.4, -0.2) is 135 Å². The second-order valence-corrected chi connectivity index (χ2v) is 16.4. The largest absolute Gasteiger partial charge is 0.472 e. The Morgan fingerprint density at radius 3 is 1.94 bits per heavy atom. The van der Waals surface area contributed by atoms with Crippen molar-refractivity contribution in [3.63, 3.8) is 0 Å². The third-order valence-corrected chi connectivity index (χ3v) is 12.3. The van der Waals surface area contributed by atoms with E-state index in [0.717, 1.165) is 67.2 Å². The minimum absolute atomic E-state index is 0.0467. The van der Waals surface area contributed by atoms with Crippen molar-refractivity contribution >= 4 is 47.8 Å². The van der Waals surface area contributed by atoms with Gasteiger partial charge in [-0.1, -0.05) is 6.92 Å². The molecule has 0 unspecified atom stereocenters. The van der Waals surface area contributed by atoms with Gasteiger partial charge in [-0.3, -0.25) is 29.0 Å². The summed E-state index contributed by atoms with van der Waals surface area (Å²) < 4.78 is 59.7. The molecule has 3 fully saturated rings. The number of hydrogen-bond donors (Lipinski definition) is 2. The Morgan fingerprint density at radius 2 is 1.37 bits per heavy atom. The summed E-state index contributed by atoms with van der Waals surface area (Å²) in [5.41, 5.74) is -13.7. The Bertz CT molecular complexity index is 2170. The predicted molar refractivity (Wildman–Crippen MR) is 199 cm³/mol. The molecule has 21 heteroatoms. The van der Waals surface area contributed by atoms with E-state index in [1.165, 1.54) is 32.2 Å². The number of nitrogens with zero attached hydrogens (tertiary/aromatic N) is 1. The average molecular weight is 874 g/mol. The van der Waals surface area contributed by atoms with Gasteiger partial charge in [-0.15, -0.1) is 0 Å². The number of cyclic esters (lactones) is 1. The van der Waals surface area contributed by atoms with Gasteiger partial charge >= 0.3 is 47.8 Å². The molecule has 1 saturated heterocycles. The molecule has 336 valence electrons. The summed E-state index contributed by atoms with van der Waals surface area (Å²) in [4.78, 5) is 113. The molecule has 2 aliphatic carbocycles. The molecule has 2 aromatic heterocycles. The van der Waals surface area contributed by atoms with Crippen molar-refractivity contribution in [2.75, 3.05) is 13.2 Å². The molecular formula is C41H47NO20. The lowest BCUT2D eigenvalue weighted by molar-refractivity contribution is -0.387. The van der Waals surface area contributed by atoms with Crippen LogP contribution in [0.1, 0.15) is 94.5 Å². The normalized spacial score (nSPS) is 37.3. The zero-order chi connectivity index (χ0) is 45.9. The topological polar surface area (TPSA) is 286 Å². The van der Waals surface area contributed by atoms with Crippen LogP contribution in [0.15, 0.2) is 41.5 Å². The fourth-order valence-electron chi connectivity index (χ4n) is 9.72. The first-order chi connectivity index (χ1) is 28.9. The fraction of sp³-hybridized carbons (Fsp3) is 0.585. The van der Waals surface area contributed by atoms with Gasteiger partial charge < -0.3 is 57.3 Å². The molecule has 21 nitrogen and oxygen atoms in total. The van der Waals surface area contributed by atoms with Crippen LogP contribution in [0.5, 0.6) is 0 Å². The first-order valence-electron chi connectivity index (χ1n) is 19.4. The van der Waals surface area contributed by atoms with E-state index in [2.05, 4.69) is 4.98 Å². The third-order valence-electron chi connectivity index (χ3n) is 12.3. The number of carbonyl (C=O) groups excluding carboxylic acids is 8. The number of aliphatic hydroxyl groups is 2. The van der Waals surface area contributed by atoms with Gasteiger partial charge in [-0.2, -0.15) is 0 Å². The van der Waals surface area contributed by atoms with Gasteiger partial charge in [0.25, 0.3) is 0 Å². The zero-order valence-corrected chi connectivity index (χ0v) is 35.2. The van der Waals surface area contributed by atoms with Crippen molar-refractivity contribution in [1.82, 2.24) is 4.98 Å². The molecule has 2 aliphatic heterocycles. The van der Waals surface area contributed by atoms with Crippen molar-refractivity contribution in [1.29, 1.82) is 0 Å². The lowest BCUT2D eigenvalue weighted by Gasteiger charge is -2.67. The molecule has 2 aromatic rings. The number of rotatable bonds is 8. The monoisotopic (exact) mass is 873 g/mol. The first kappa shape index (κ1) is 45.6. The third kappa shape index (κ3) is 7.14. The second-order valence-electron chi connectivity index (χ2n) is 16.4. The maximum absolute atomic E-state index is 14.6. The number of carbonyl (C=O) groups is 8. The van der Waals surface area contributed by atoms with Gasteiger partial charge in [0.2, 0.25) is 0 Å². The van der Waals surface area contributed by atoms with E-state index >= 15 is 0 Å². The number of furan rings is 1. The summed E-state index contributed by atoms with van der Waals surface area (Å²) in [6.07, 6.45) is -8.23. The predicted octanol–water partition coefficient (Wildman–Crippen LogP) is 1.04. The maximum Gasteiger partial charge on any atom is 0.341 e. The van der Waals surface area contributed by atoms with Crippen molar-refractivity contribution in [3.8, 4) is 0 Å². The van der Waals surface area contributed by atoms with Crippen molar-refractivity contribution in [3.05, 3.63) is 53.7 Å². The van der Waals surface area contributed by atoms with Crippen LogP contribution in [0, 0.1) is 11.3 Å². The highest BCUT2D eigenvalue weighted by Crippen LogP contribution is 2.70. The summed E-state index contributed by atoms with van der Waals surface area (Å²) in [5, 5.41) is 25.6. The lowest BCUT2D eigenvalue weighted by atomic mass is 9.45. The van der Waals surface area contributed by atoms with Gasteiger partial charge in [0, 0.05) is 52.9 Å². The van der Waals surface area contributed by atoms with Crippen LogP contribution in [0.3, 0.4) is 0 Å². The highest BCUT2D eigenvalue weighted by Gasteiger charge is 2.92. The number of hydrogen-bond acceptors (Lipinski definition) is 21. The molecule has 4 bridgehead atoms. The quantitative estimate of drug-likeness (QED) is 0.277. The van der Waals surface area contributed by atoms with Crippen LogP contribution in [0.4, 0.5) is 0 Å². The molecule has 1 spiro atoms. The minimum atomic E-state index is -2.99. The summed E-state index contributed by atoms with van der Waals surface area (Å²) in [6.45, 7) is 7.47. The SMILES string of the molecule is CC(=O)O[C@H]1[C@H]2[C@@H](OC(C)=O)[C@]34O[C@@]2(C)COC(=O)c2cnccc2[C@@H](C)[C@@](C)(O)C(=O)O[C@H]([C@H](OC(C)=O)[C@H](OC(C)=O)[C@]3(COC(=O)c2ccoc2)[C@H]1OC(C)=O)[C@]4(C)O. The molecule has 0 radical (unpaired) electrons. The molecule has 62 heavy (non-hydrogen) atoms. The summed E-state index contributed by atoms with van der Waals surface area (Å²) >= 11 is 0. The maximum atomic E-state index is 14.6. The van der Waals surface area contributed by atoms with Crippen molar-refractivity contribution in [2.45, 2.75) is 127 Å². The molecule has 4 aliphatic rings. The van der Waals surface area contributed by atoms with E-state index in [4.69, 9.17) is 47.0 Å². The van der Waals surface area contributed by atoms with Crippen LogP contribution in [0.2, 0.25) is 0 Å². The van der Waals surface area contributed by atoms with Gasteiger partial charge in [0.05, 0.1) is 23.3 Å². The van der Waals surface area contributed by atoms with E-state index < -0.39 is 137 Å². The summed E-state index contributed by atoms with van der Waals surface area (Å²) in [5.74, 6) is -12.1. The first-order valence-corrected chi connectivity index (χ1v) is 19.4. The van der Waals surface area contributed by atoms with E-state index in [1.54, 1.807) is 0 Å². The fourth-order valence-corrected chi connectivity index (χ4v) is 9.72. The summed E-state index contributed by atoms with van der Waals surface area (Å²) in [6, 6.07) is 2.56. The number of ether oxygens (including phenoxy) is 9. The highest BCUT2D eigenvalue weighted by molar-refractivity contribution is 5.92. The molecule has 2 N–H and O–H groups in total. The number of pyridine rings is 1. The Morgan fingerprint density at radius 1 is 0.806 bits per heavy atom. The van der Waals surface area contributed by atoms with E-state index in [-0.39, 0.29) is 16.7 Å². The van der Waals surface area contributed by atoms with Crippen LogP contribution >= 0.6 is 0 Å². The Kier molecular flexibility index (Phi) is 11.8. The molecular weight excluding hydrogens is 826 g/mol. The van der Waals surface area contributed by atoms with Crippen LogP contribution in [-0.2, 0) is 71.4 Å². The molecule has 13 atom stereocenters. The van der Waals surface area contributed by atoms with Gasteiger partial charge in [0.15, 0.2) is 35.6 Å². The van der Waals surface area contributed by atoms with Gasteiger partial charge in [-0.25, -0.2) is 14.4 Å². The zero-order valence-electron chi connectivity index (χ0n) is 35.2. The lowest BCUT2D eigenvalue weighted by Crippen LogP contribution is -2.89. The number of esters is 8. The molecule has 4 heterocycles. The Balaban J connectivity index is 1.80. The van der Waals surface area contributed by atoms with Crippen LogP contribution < -0.4 is 0 Å². The van der Waals surface area contributed by atoms with Crippen molar-refractivity contribution in [2.24, 2.45) is 11.3 Å². The second kappa shape index (κ2) is 16.1. The Labute approximate surface area is 353 Å². The smallest absolute Gasteiger partial charge is 0.341 e. The minimum Gasteiger partial charge on any atom is -0.472 e. The number of fused-ring (bicyclic) bond motifs is 5. The van der Waals surface area contributed by atoms with E-state index in [9.17, 15) is 48.6 Å². The number of aromatic nitrogens is 1. The molecule has 2 saturated carbocycles. The van der Waals surface area contributed by atoms with Crippen LogP contribution in [0.25, 0.3) is 0 Å². The molecule has 0 aromatic carbocycles. The Hall–Kier alpha value is -5.93. The summed E-state index contributed by atoms with van der Waals surface area (Å²) in [7, 11) is 0. The highest BCUT2D eigenvalue weighted by atomic mass is 16.7. The average Bonchev–Trinajstić information content (AvgIpc) is 3.79. The van der Waals surface area contributed by atoms with Gasteiger partial charge in [-0.05, 0) is 38.5 Å². The van der Waals surface area contributed by atoms with E-state index in [0.29, 0.717) is 0 Å². The van der Waals surface area contributed by atoms with E-state index in [1.807, 2.05) is 0 Å². The van der Waals surface area contributed by atoms with Gasteiger partial charge in [0.1, 0.15) is 48.3 Å². The molecule has 6 rings (SSSR count). The van der Waals surface area contributed by atoms with Crippen molar-refractivity contribution < 1.29 is 95.6 Å². The standard InChI is InChI=1S/C41H47NO20/c1-18-25-10-12-42-14-26(25)35(49)54-16-37(7)27-28(56-19(2)43)32(59-22(5)46)40(17-55-34(48)24-11-13-53-15-24)33(60-23(6)47)29(57-20(3)44)31(61-36(50)38(18,8)51)39(9,52)41(40,62-37)30(27)58-21(4)45/h10-15,18,27-33,51-52H,16-17H2,1-9H3/t18-,27+,28+,29+,30-,31-,32+,33+,37+,38-,39+,40+,41-/m1/s1. The molecule has 0 amide bonds.